The number of allylic oxidation sites excluding steroid dienone is 3. The van der Waals surface area contributed by atoms with E-state index in [0.29, 0.717) is 12.0 Å². The Morgan fingerprint density at radius 1 is 1.33 bits per heavy atom. The van der Waals surface area contributed by atoms with Crippen molar-refractivity contribution in [2.45, 2.75) is 25.7 Å². The van der Waals surface area contributed by atoms with Crippen molar-refractivity contribution in [1.29, 1.82) is 0 Å². The molecule has 1 atom stereocenters. The fraction of sp³-hybridized carbons (Fsp3) is 0.250. The number of aliphatic hydroxyl groups excluding tert-OH is 1. The van der Waals surface area contributed by atoms with Gasteiger partial charge in [0.25, 0.3) is 0 Å². The molecule has 4 N–H and O–H groups in total. The molecule has 7 nitrogen and oxygen atoms in total. The molecule has 0 aliphatic heterocycles. The van der Waals surface area contributed by atoms with Crippen molar-refractivity contribution in [3.8, 4) is 5.75 Å². The van der Waals surface area contributed by atoms with Gasteiger partial charge in [0.05, 0.1) is 11.3 Å². The Bertz CT molecular complexity index is 790. The van der Waals surface area contributed by atoms with Gasteiger partial charge in [-0.1, -0.05) is 25.1 Å². The molecule has 1 aliphatic carbocycles. The highest BCUT2D eigenvalue weighted by atomic mass is 31.2. The number of hydrogen-bond acceptors (Lipinski definition) is 4. The highest BCUT2D eigenvalue weighted by Gasteiger charge is 2.30. The van der Waals surface area contributed by atoms with Crippen LogP contribution in [0.3, 0.4) is 0 Å². The second-order valence-corrected chi connectivity index (χ2v) is 6.57. The summed E-state index contributed by atoms with van der Waals surface area (Å²) in [5.41, 5.74) is 0.204. The van der Waals surface area contributed by atoms with Crippen molar-refractivity contribution < 1.29 is 29.4 Å². The number of hydrogen-bond donors (Lipinski definition) is 4. The monoisotopic (exact) mass is 351 g/mol. The summed E-state index contributed by atoms with van der Waals surface area (Å²) in [7, 11) is -4.74. The minimum absolute atomic E-state index is 0.00426. The van der Waals surface area contributed by atoms with Crippen molar-refractivity contribution in [3.63, 3.8) is 0 Å². The summed E-state index contributed by atoms with van der Waals surface area (Å²) in [6.07, 6.45) is 3.19. The predicted octanol–water partition coefficient (Wildman–Crippen LogP) is 2.76. The lowest BCUT2D eigenvalue weighted by molar-refractivity contribution is -0.116. The Morgan fingerprint density at radius 2 is 2.04 bits per heavy atom. The van der Waals surface area contributed by atoms with E-state index < -0.39 is 19.4 Å². The van der Waals surface area contributed by atoms with Crippen LogP contribution in [0.5, 0.6) is 5.75 Å². The van der Waals surface area contributed by atoms with Gasteiger partial charge >= 0.3 is 7.75 Å². The molecule has 0 saturated carbocycles. The van der Waals surface area contributed by atoms with Gasteiger partial charge in [-0.05, 0) is 30.2 Å². The van der Waals surface area contributed by atoms with Gasteiger partial charge in [-0.15, -0.1) is 0 Å². The molecule has 1 aliphatic rings. The van der Waals surface area contributed by atoms with Gasteiger partial charge in [0, 0.05) is 12.3 Å². The SMILES string of the molecule is CCC(C(=O)C1=C(O)C=CCC1=NP(=O)(O)O)c1cccc(O)c1. The van der Waals surface area contributed by atoms with Crippen LogP contribution in [-0.4, -0.2) is 31.5 Å². The molecular formula is C16H18NO6P. The summed E-state index contributed by atoms with van der Waals surface area (Å²) in [6, 6.07) is 6.19. The van der Waals surface area contributed by atoms with Gasteiger partial charge in [-0.25, -0.2) is 4.57 Å². The van der Waals surface area contributed by atoms with E-state index in [2.05, 4.69) is 4.76 Å². The summed E-state index contributed by atoms with van der Waals surface area (Å²) in [6.45, 7) is 1.77. The number of carbonyl (C=O) groups excluding carboxylic acids is 1. The molecule has 0 saturated heterocycles. The lowest BCUT2D eigenvalue weighted by Gasteiger charge is -2.20. The Labute approximate surface area is 138 Å². The molecular weight excluding hydrogens is 333 g/mol. The standard InChI is InChI=1S/C16H18NO6P/c1-2-12(10-5-3-6-11(18)9-10)16(20)15-13(17-24(21,22)23)7-4-8-14(15)19/h3-6,8-9,12,18-19H,2,7H2,1H3,(H2,21,22,23). The Morgan fingerprint density at radius 3 is 2.62 bits per heavy atom. The number of phenolic OH excluding ortho intramolecular Hbond substituents is 1. The maximum atomic E-state index is 12.9. The number of nitrogens with zero attached hydrogens (tertiary/aromatic N) is 1. The third kappa shape index (κ3) is 4.20. The van der Waals surface area contributed by atoms with Crippen LogP contribution in [-0.2, 0) is 9.36 Å². The van der Waals surface area contributed by atoms with Gasteiger partial charge in [-0.2, -0.15) is 4.76 Å². The molecule has 1 aromatic rings. The van der Waals surface area contributed by atoms with E-state index in [9.17, 15) is 19.6 Å². The van der Waals surface area contributed by atoms with E-state index in [0.717, 1.165) is 0 Å². The van der Waals surface area contributed by atoms with Crippen molar-refractivity contribution >= 4 is 19.2 Å². The Kier molecular flexibility index (Phi) is 5.39. The predicted molar refractivity (Wildman–Crippen MR) is 89.0 cm³/mol. The molecule has 0 spiro atoms. The van der Waals surface area contributed by atoms with E-state index in [1.807, 2.05) is 0 Å². The van der Waals surface area contributed by atoms with E-state index in [4.69, 9.17) is 9.79 Å². The minimum atomic E-state index is -4.74. The second-order valence-electron chi connectivity index (χ2n) is 5.35. The summed E-state index contributed by atoms with van der Waals surface area (Å²) in [4.78, 5) is 31.0. The zero-order valence-corrected chi connectivity index (χ0v) is 13.8. The third-order valence-electron chi connectivity index (χ3n) is 3.63. The number of Topliss-reactive ketones (excluding diaryl/α,β-unsaturated/α-hetero) is 1. The lowest BCUT2D eigenvalue weighted by atomic mass is 9.84. The van der Waals surface area contributed by atoms with Crippen LogP contribution < -0.4 is 0 Å². The first-order valence-electron chi connectivity index (χ1n) is 7.31. The average Bonchev–Trinajstić information content (AvgIpc) is 2.46. The lowest BCUT2D eigenvalue weighted by Crippen LogP contribution is -2.23. The third-order valence-corrected chi connectivity index (χ3v) is 4.13. The van der Waals surface area contributed by atoms with Crippen LogP contribution in [0.25, 0.3) is 0 Å². The molecule has 1 aromatic carbocycles. The van der Waals surface area contributed by atoms with E-state index in [-0.39, 0.29) is 29.2 Å². The number of ketones is 1. The summed E-state index contributed by atoms with van der Waals surface area (Å²) < 4.78 is 14.5. The molecule has 0 amide bonds. The highest BCUT2D eigenvalue weighted by Crippen LogP contribution is 2.39. The average molecular weight is 351 g/mol. The first-order chi connectivity index (χ1) is 11.2. The number of benzene rings is 1. The molecule has 24 heavy (non-hydrogen) atoms. The second kappa shape index (κ2) is 7.13. The van der Waals surface area contributed by atoms with E-state index >= 15 is 0 Å². The Balaban J connectivity index is 2.49. The van der Waals surface area contributed by atoms with Gasteiger partial charge < -0.3 is 20.0 Å². The number of aromatic hydroxyl groups is 1. The van der Waals surface area contributed by atoms with Crippen molar-refractivity contribution in [1.82, 2.24) is 0 Å². The van der Waals surface area contributed by atoms with Crippen LogP contribution in [0.15, 0.2) is 52.5 Å². The zero-order valence-electron chi connectivity index (χ0n) is 13.0. The normalized spacial score (nSPS) is 18.0. The molecule has 2 rings (SSSR count). The molecule has 8 heteroatoms. The van der Waals surface area contributed by atoms with Crippen LogP contribution in [0.1, 0.15) is 31.2 Å². The number of aliphatic hydroxyl groups is 1. The van der Waals surface area contributed by atoms with Crippen LogP contribution in [0.2, 0.25) is 0 Å². The molecule has 0 bridgehead atoms. The molecule has 0 fully saturated rings. The smallest absolute Gasteiger partial charge is 0.448 e. The van der Waals surface area contributed by atoms with Gasteiger partial charge in [-0.3, -0.25) is 4.79 Å². The maximum absolute atomic E-state index is 12.9. The molecule has 128 valence electrons. The summed E-state index contributed by atoms with van der Waals surface area (Å²) >= 11 is 0. The van der Waals surface area contributed by atoms with Gasteiger partial charge in [0.1, 0.15) is 11.5 Å². The van der Waals surface area contributed by atoms with Gasteiger partial charge in [0.2, 0.25) is 0 Å². The quantitative estimate of drug-likeness (QED) is 0.604. The molecule has 1 unspecified atom stereocenters. The highest BCUT2D eigenvalue weighted by molar-refractivity contribution is 7.50. The fourth-order valence-electron chi connectivity index (χ4n) is 2.62. The summed E-state index contributed by atoms with van der Waals surface area (Å²) in [5, 5.41) is 19.6. The molecule has 0 radical (unpaired) electrons. The number of rotatable bonds is 5. The molecule has 0 aromatic heterocycles. The van der Waals surface area contributed by atoms with E-state index in [1.165, 1.54) is 24.3 Å². The number of carbonyl (C=O) groups is 1. The van der Waals surface area contributed by atoms with Crippen LogP contribution in [0, 0.1) is 0 Å². The topological polar surface area (TPSA) is 127 Å². The zero-order chi connectivity index (χ0) is 17.9. The maximum Gasteiger partial charge on any atom is 0.448 e. The van der Waals surface area contributed by atoms with Crippen LogP contribution >= 0.6 is 7.75 Å². The summed E-state index contributed by atoms with van der Waals surface area (Å²) in [5.74, 6) is -1.55. The van der Waals surface area contributed by atoms with Gasteiger partial charge in [0.15, 0.2) is 5.78 Å². The van der Waals surface area contributed by atoms with Crippen molar-refractivity contribution in [2.75, 3.05) is 0 Å². The Hall–Kier alpha value is -2.21. The largest absolute Gasteiger partial charge is 0.508 e. The number of phenols is 1. The minimum Gasteiger partial charge on any atom is -0.508 e. The first kappa shape index (κ1) is 18.1. The first-order valence-corrected chi connectivity index (χ1v) is 8.87. The van der Waals surface area contributed by atoms with Crippen LogP contribution in [0.4, 0.5) is 0 Å². The molecule has 0 heterocycles. The van der Waals surface area contributed by atoms with E-state index in [1.54, 1.807) is 19.1 Å². The van der Waals surface area contributed by atoms with Crippen molar-refractivity contribution in [2.24, 2.45) is 4.76 Å². The van der Waals surface area contributed by atoms with Crippen molar-refractivity contribution in [3.05, 3.63) is 53.3 Å². The fourth-order valence-corrected chi connectivity index (χ4v) is 3.12.